The van der Waals surface area contributed by atoms with Gasteiger partial charge in [-0.05, 0) is 132 Å². The lowest BCUT2D eigenvalue weighted by atomic mass is 9.80. The highest BCUT2D eigenvalue weighted by atomic mass is 14.4. The molecule has 0 saturated carbocycles. The van der Waals surface area contributed by atoms with E-state index in [2.05, 4.69) is 202 Å². The predicted molar refractivity (Wildman–Crippen MR) is 248 cm³/mol. The molecule has 57 heavy (non-hydrogen) atoms. The molecule has 0 aromatic heterocycles. The molecular formula is C57H40. The molecule has 0 unspecified atom stereocenters. The van der Waals surface area contributed by atoms with Gasteiger partial charge in [0.25, 0.3) is 0 Å². The maximum absolute atomic E-state index is 4.73. The van der Waals surface area contributed by atoms with Gasteiger partial charge in [0.15, 0.2) is 0 Å². The van der Waals surface area contributed by atoms with Gasteiger partial charge < -0.3 is 0 Å². The van der Waals surface area contributed by atoms with E-state index < -0.39 is 0 Å². The normalized spacial score (nSPS) is 14.4. The Hall–Kier alpha value is -7.02. The van der Waals surface area contributed by atoms with Crippen LogP contribution >= 0.6 is 0 Å². The average molecular weight is 725 g/mol. The van der Waals surface area contributed by atoms with Crippen molar-refractivity contribution in [2.24, 2.45) is 0 Å². The second-order valence-electron chi connectivity index (χ2n) is 16.2. The van der Waals surface area contributed by atoms with E-state index in [-0.39, 0.29) is 5.41 Å². The zero-order chi connectivity index (χ0) is 38.4. The molecule has 0 aliphatic heterocycles. The molecule has 10 aromatic carbocycles. The minimum Gasteiger partial charge on any atom is -0.0911 e. The van der Waals surface area contributed by atoms with Crippen LogP contribution in [0.4, 0.5) is 0 Å². The second-order valence-corrected chi connectivity index (χ2v) is 16.2. The molecule has 0 N–H and O–H groups in total. The second kappa shape index (κ2) is 12.5. The Morgan fingerprint density at radius 3 is 1.82 bits per heavy atom. The summed E-state index contributed by atoms with van der Waals surface area (Å²) in [4.78, 5) is 0. The fourth-order valence-electron chi connectivity index (χ4n) is 9.90. The molecule has 0 nitrogen and oxygen atoms in total. The lowest BCUT2D eigenvalue weighted by Gasteiger charge is -2.23. The molecular weight excluding hydrogens is 685 g/mol. The Morgan fingerprint density at radius 2 is 1.00 bits per heavy atom. The largest absolute Gasteiger partial charge is 0.0911 e. The van der Waals surface area contributed by atoms with Crippen molar-refractivity contribution in [3.63, 3.8) is 0 Å². The van der Waals surface area contributed by atoms with Gasteiger partial charge in [0.2, 0.25) is 0 Å². The van der Waals surface area contributed by atoms with Crippen molar-refractivity contribution in [3.8, 4) is 22.3 Å². The highest BCUT2D eigenvalue weighted by Gasteiger charge is 2.37. The van der Waals surface area contributed by atoms with Crippen LogP contribution in [0.2, 0.25) is 0 Å². The number of hydrogen-bond donors (Lipinski definition) is 0. The third kappa shape index (κ3) is 5.00. The van der Waals surface area contributed by atoms with Crippen molar-refractivity contribution in [3.05, 3.63) is 217 Å². The van der Waals surface area contributed by atoms with Crippen LogP contribution in [0.25, 0.3) is 98.0 Å². The number of hydrogen-bond acceptors (Lipinski definition) is 0. The van der Waals surface area contributed by atoms with Gasteiger partial charge >= 0.3 is 0 Å². The number of fused-ring (bicyclic) bond motifs is 10. The maximum atomic E-state index is 4.73. The van der Waals surface area contributed by atoms with Crippen molar-refractivity contribution < 1.29 is 0 Å². The van der Waals surface area contributed by atoms with E-state index in [0.29, 0.717) is 0 Å². The maximum Gasteiger partial charge on any atom is 0.0159 e. The molecule has 0 amide bonds. The molecule has 0 fully saturated rings. The first kappa shape index (κ1) is 33.3. The first-order valence-electron chi connectivity index (χ1n) is 19.9. The fraction of sp³-hybridized carbons (Fsp3) is 0.0526. The average Bonchev–Trinajstić information content (AvgIpc) is 3.44. The van der Waals surface area contributed by atoms with Gasteiger partial charge in [0.1, 0.15) is 0 Å². The van der Waals surface area contributed by atoms with E-state index in [1.54, 1.807) is 0 Å². The molecule has 0 atom stereocenters. The summed E-state index contributed by atoms with van der Waals surface area (Å²) in [5, 5.41) is 15.2. The van der Waals surface area contributed by atoms with Crippen LogP contribution in [0.1, 0.15) is 30.5 Å². The number of allylic oxidation sites excluding steroid dienone is 4. The lowest BCUT2D eigenvalue weighted by molar-refractivity contribution is 0.661. The van der Waals surface area contributed by atoms with Gasteiger partial charge in [0.05, 0.1) is 0 Å². The van der Waals surface area contributed by atoms with Gasteiger partial charge in [-0.2, -0.15) is 0 Å². The molecule has 1 aliphatic carbocycles. The minimum absolute atomic E-state index is 0.245. The lowest BCUT2D eigenvalue weighted by Crippen LogP contribution is -2.15. The molecule has 0 heteroatoms. The molecule has 0 bridgehead atoms. The Morgan fingerprint density at radius 1 is 0.439 bits per heavy atom. The Kier molecular flexibility index (Phi) is 7.31. The van der Waals surface area contributed by atoms with E-state index in [4.69, 9.17) is 6.58 Å². The van der Waals surface area contributed by atoms with Crippen LogP contribution in [0, 0.1) is 0 Å². The predicted octanol–water partition coefficient (Wildman–Crippen LogP) is 15.9. The molecule has 0 heterocycles. The number of benzene rings is 10. The number of rotatable bonds is 4. The summed E-state index contributed by atoms with van der Waals surface area (Å²) < 4.78 is 0. The molecule has 268 valence electrons. The van der Waals surface area contributed by atoms with Crippen molar-refractivity contribution in [2.45, 2.75) is 19.3 Å². The van der Waals surface area contributed by atoms with Gasteiger partial charge in [-0.1, -0.05) is 197 Å². The zero-order valence-electron chi connectivity index (χ0n) is 32.2. The topological polar surface area (TPSA) is 0 Å². The molecule has 1 aliphatic rings. The summed E-state index contributed by atoms with van der Waals surface area (Å²) >= 11 is 0. The summed E-state index contributed by atoms with van der Waals surface area (Å²) in [5.74, 6) is 0. The van der Waals surface area contributed by atoms with Crippen molar-refractivity contribution in [1.82, 2.24) is 0 Å². The summed E-state index contributed by atoms with van der Waals surface area (Å²) in [6, 6.07) is 64.7. The zero-order valence-corrected chi connectivity index (χ0v) is 32.2. The minimum atomic E-state index is -0.245. The van der Waals surface area contributed by atoms with Crippen LogP contribution in [0.15, 0.2) is 201 Å². The Balaban J connectivity index is 1.03. The summed E-state index contributed by atoms with van der Waals surface area (Å²) in [7, 11) is 0. The molecule has 0 saturated heterocycles. The Bertz CT molecular complexity index is 3400. The monoisotopic (exact) mass is 724 g/mol. The molecule has 10 aromatic rings. The highest BCUT2D eigenvalue weighted by molar-refractivity contribution is 6.29. The Labute approximate surface area is 333 Å². The highest BCUT2D eigenvalue weighted by Crippen LogP contribution is 2.51. The van der Waals surface area contributed by atoms with Crippen LogP contribution in [0.5, 0.6) is 0 Å². The van der Waals surface area contributed by atoms with Gasteiger partial charge in [-0.3, -0.25) is 0 Å². The van der Waals surface area contributed by atoms with E-state index >= 15 is 0 Å². The summed E-state index contributed by atoms with van der Waals surface area (Å²) in [6.07, 6.45) is 2.29. The van der Waals surface area contributed by atoms with Gasteiger partial charge in [-0.25, -0.2) is 0 Å². The van der Waals surface area contributed by atoms with E-state index in [1.165, 1.54) is 104 Å². The first-order chi connectivity index (χ1) is 27.9. The van der Waals surface area contributed by atoms with Crippen molar-refractivity contribution >= 4 is 75.8 Å². The van der Waals surface area contributed by atoms with E-state index in [1.807, 2.05) is 0 Å². The van der Waals surface area contributed by atoms with Crippen LogP contribution in [-0.2, 0) is 5.41 Å². The molecule has 0 spiro atoms. The smallest absolute Gasteiger partial charge is 0.0159 e. The fourth-order valence-corrected chi connectivity index (χ4v) is 9.90. The van der Waals surface area contributed by atoms with Crippen LogP contribution in [-0.4, -0.2) is 0 Å². The third-order valence-electron chi connectivity index (χ3n) is 12.7. The van der Waals surface area contributed by atoms with E-state index in [9.17, 15) is 0 Å². The third-order valence-corrected chi connectivity index (χ3v) is 12.7. The SMILES string of the molecule is C=C1/C(=C\C(=C)c2cccc3c(-c4cc5ccc6ccc7ccccc7c6c5c5ccccc45)cccc23)C(C)(C)c2cc(-c3cccc4ccccc34)ccc21. The van der Waals surface area contributed by atoms with Crippen LogP contribution in [0.3, 0.4) is 0 Å². The first-order valence-corrected chi connectivity index (χ1v) is 19.9. The van der Waals surface area contributed by atoms with Gasteiger partial charge in [-0.15, -0.1) is 0 Å². The standard InChI is InChI=1S/C57H40/c1-35(32-53-36(2)43-31-30-40(34-54(43)57(53,3)4)45-22-11-16-37-14-5-7-17-44(37)45)42-21-12-24-48-47(42)23-13-25-49(48)52-33-41-29-28-39-27-26-38-15-6-8-18-46(38)55(39)56(41)51-20-10-9-19-50(51)52/h5-34H,1-2H2,3-4H3/b53-32+. The van der Waals surface area contributed by atoms with E-state index in [0.717, 1.165) is 16.7 Å². The van der Waals surface area contributed by atoms with Crippen molar-refractivity contribution in [1.29, 1.82) is 0 Å². The van der Waals surface area contributed by atoms with Gasteiger partial charge in [0, 0.05) is 5.41 Å². The summed E-state index contributed by atoms with van der Waals surface area (Å²) in [5.41, 5.74) is 11.7. The summed E-state index contributed by atoms with van der Waals surface area (Å²) in [6.45, 7) is 14.1. The van der Waals surface area contributed by atoms with Crippen LogP contribution < -0.4 is 0 Å². The van der Waals surface area contributed by atoms with Crippen molar-refractivity contribution in [2.75, 3.05) is 0 Å². The molecule has 11 rings (SSSR count). The quantitative estimate of drug-likeness (QED) is 0.159. The molecule has 0 radical (unpaired) electrons.